The molecular weight excluding hydrogens is 438 g/mol. The largest absolute Gasteiger partial charge is 0.454 e. The number of carbonyl (C=O) groups excluding carboxylic acids is 1. The maximum atomic E-state index is 13.1. The number of ether oxygens (including phenoxy) is 2. The predicted molar refractivity (Wildman–Crippen MR) is 118 cm³/mol. The molecule has 3 heterocycles. The number of carbonyl (C=O) groups is 1. The van der Waals surface area contributed by atoms with E-state index < -0.39 is 5.92 Å². The van der Waals surface area contributed by atoms with Gasteiger partial charge in [-0.1, -0.05) is 47.6 Å². The molecule has 0 fully saturated rings. The molecule has 31 heavy (non-hydrogen) atoms. The Morgan fingerprint density at radius 3 is 2.84 bits per heavy atom. The zero-order valence-corrected chi connectivity index (χ0v) is 18.1. The van der Waals surface area contributed by atoms with Crippen LogP contribution in [0, 0.1) is 0 Å². The smallest absolute Gasteiger partial charge is 0.279 e. The number of anilines is 1. The number of benzene rings is 2. The van der Waals surface area contributed by atoms with Gasteiger partial charge in [-0.15, -0.1) is 0 Å². The molecule has 0 radical (unpaired) electrons. The Hall–Kier alpha value is -2.97. The Balaban J connectivity index is 1.52. The van der Waals surface area contributed by atoms with E-state index in [2.05, 4.69) is 10.3 Å². The molecule has 1 amide bonds. The van der Waals surface area contributed by atoms with Gasteiger partial charge in [0.2, 0.25) is 12.7 Å². The topological polar surface area (TPSA) is 82.5 Å². The van der Waals surface area contributed by atoms with E-state index in [1.807, 2.05) is 36.4 Å². The lowest BCUT2D eigenvalue weighted by atomic mass is 9.86. The molecule has 1 unspecified atom stereocenters. The molecule has 2 aliphatic rings. The first-order valence-corrected chi connectivity index (χ1v) is 11.0. The lowest BCUT2D eigenvalue weighted by Gasteiger charge is -2.27. The summed E-state index contributed by atoms with van der Waals surface area (Å²) in [5.41, 5.74) is 1.89. The van der Waals surface area contributed by atoms with Crippen molar-refractivity contribution in [2.24, 2.45) is 7.05 Å². The molecule has 0 bridgehead atoms. The van der Waals surface area contributed by atoms with Crippen LogP contribution in [0.2, 0.25) is 5.02 Å². The summed E-state index contributed by atoms with van der Waals surface area (Å²) in [6.45, 7) is 0.163. The molecule has 0 aliphatic carbocycles. The molecule has 5 rings (SSSR count). The minimum Gasteiger partial charge on any atom is -0.454 e. The highest BCUT2D eigenvalue weighted by molar-refractivity contribution is 7.98. The van der Waals surface area contributed by atoms with E-state index in [-0.39, 0.29) is 24.7 Å². The van der Waals surface area contributed by atoms with Crippen LogP contribution in [0.5, 0.6) is 11.5 Å². The highest BCUT2D eigenvalue weighted by atomic mass is 35.5. The van der Waals surface area contributed by atoms with Crippen molar-refractivity contribution in [1.29, 1.82) is 0 Å². The van der Waals surface area contributed by atoms with Crippen molar-refractivity contribution in [3.05, 3.63) is 74.5 Å². The zero-order chi connectivity index (χ0) is 21.5. The SMILES string of the molecule is Cn1c(SCc2ccccc2Cl)nc(=O)c2c1NC(=O)CC2c1ccc2c(c1)OCO2. The van der Waals surface area contributed by atoms with E-state index in [0.29, 0.717) is 38.8 Å². The maximum absolute atomic E-state index is 13.1. The Morgan fingerprint density at radius 2 is 2.00 bits per heavy atom. The molecule has 158 valence electrons. The molecular formula is C22H18ClN3O4S. The van der Waals surface area contributed by atoms with E-state index >= 15 is 0 Å². The molecule has 0 spiro atoms. The Bertz CT molecular complexity index is 1260. The van der Waals surface area contributed by atoms with Crippen molar-refractivity contribution in [1.82, 2.24) is 9.55 Å². The minimum atomic E-state index is -0.410. The van der Waals surface area contributed by atoms with Crippen molar-refractivity contribution in [2.45, 2.75) is 23.2 Å². The fraction of sp³-hybridized carbons (Fsp3) is 0.227. The number of amides is 1. The summed E-state index contributed by atoms with van der Waals surface area (Å²) >= 11 is 7.64. The monoisotopic (exact) mass is 455 g/mol. The van der Waals surface area contributed by atoms with Crippen molar-refractivity contribution in [3.8, 4) is 11.5 Å². The summed E-state index contributed by atoms with van der Waals surface area (Å²) < 4.78 is 12.6. The van der Waals surface area contributed by atoms with Crippen LogP contribution < -0.4 is 20.3 Å². The number of nitrogens with zero attached hydrogens (tertiary/aromatic N) is 2. The summed E-state index contributed by atoms with van der Waals surface area (Å²) in [5.74, 6) is 1.73. The zero-order valence-electron chi connectivity index (χ0n) is 16.6. The van der Waals surface area contributed by atoms with Crippen LogP contribution in [0.3, 0.4) is 0 Å². The first-order valence-electron chi connectivity index (χ1n) is 9.68. The number of hydrogen-bond donors (Lipinski definition) is 1. The Morgan fingerprint density at radius 1 is 1.19 bits per heavy atom. The van der Waals surface area contributed by atoms with Gasteiger partial charge in [0.15, 0.2) is 16.7 Å². The standard InChI is InChI=1S/C22H18ClN3O4S/c1-26-20-19(21(28)25-22(26)31-10-13-4-2-3-5-15(13)23)14(9-18(27)24-20)12-6-7-16-17(8-12)30-11-29-16/h2-8,14H,9-11H2,1H3,(H,24,27). The van der Waals surface area contributed by atoms with Crippen LogP contribution in [0.25, 0.3) is 0 Å². The van der Waals surface area contributed by atoms with Gasteiger partial charge in [-0.05, 0) is 29.3 Å². The van der Waals surface area contributed by atoms with Gasteiger partial charge in [0.05, 0.1) is 5.56 Å². The van der Waals surface area contributed by atoms with E-state index in [1.165, 1.54) is 11.8 Å². The number of hydrogen-bond acceptors (Lipinski definition) is 6. The third-order valence-electron chi connectivity index (χ3n) is 5.41. The van der Waals surface area contributed by atoms with E-state index in [0.717, 1.165) is 11.1 Å². The van der Waals surface area contributed by atoms with E-state index in [1.54, 1.807) is 17.7 Å². The predicted octanol–water partition coefficient (Wildman–Crippen LogP) is 3.93. The van der Waals surface area contributed by atoms with Crippen molar-refractivity contribution in [3.63, 3.8) is 0 Å². The summed E-state index contributed by atoms with van der Waals surface area (Å²) in [6, 6.07) is 13.0. The van der Waals surface area contributed by atoms with Crippen LogP contribution in [0.1, 0.15) is 29.0 Å². The Labute approximate surface area is 187 Å². The van der Waals surface area contributed by atoms with Crippen LogP contribution in [0.15, 0.2) is 52.4 Å². The van der Waals surface area contributed by atoms with E-state index in [4.69, 9.17) is 21.1 Å². The Kier molecular flexibility index (Phi) is 5.11. The average Bonchev–Trinajstić information content (AvgIpc) is 3.23. The quantitative estimate of drug-likeness (QED) is 0.474. The molecule has 9 heteroatoms. The molecule has 2 aromatic carbocycles. The number of aromatic nitrogens is 2. The highest BCUT2D eigenvalue weighted by Crippen LogP contribution is 2.40. The summed E-state index contributed by atoms with van der Waals surface area (Å²) in [7, 11) is 1.79. The van der Waals surface area contributed by atoms with Gasteiger partial charge in [-0.25, -0.2) is 0 Å². The lowest BCUT2D eigenvalue weighted by Crippen LogP contribution is -2.33. The van der Waals surface area contributed by atoms with Crippen molar-refractivity contribution in [2.75, 3.05) is 12.1 Å². The molecule has 1 atom stereocenters. The fourth-order valence-electron chi connectivity index (χ4n) is 3.84. The minimum absolute atomic E-state index is 0.154. The van der Waals surface area contributed by atoms with Gasteiger partial charge in [-0.2, -0.15) is 4.98 Å². The maximum Gasteiger partial charge on any atom is 0.279 e. The lowest BCUT2D eigenvalue weighted by molar-refractivity contribution is -0.116. The van der Waals surface area contributed by atoms with Crippen molar-refractivity contribution < 1.29 is 14.3 Å². The van der Waals surface area contributed by atoms with Crippen molar-refractivity contribution >= 4 is 35.1 Å². The first-order chi connectivity index (χ1) is 15.0. The van der Waals surface area contributed by atoms with Crippen LogP contribution in [-0.4, -0.2) is 22.3 Å². The number of fused-ring (bicyclic) bond motifs is 2. The van der Waals surface area contributed by atoms with E-state index in [9.17, 15) is 9.59 Å². The van der Waals surface area contributed by atoms with Gasteiger partial charge in [0.1, 0.15) is 5.82 Å². The number of halogens is 1. The average molecular weight is 456 g/mol. The van der Waals surface area contributed by atoms with Gasteiger partial charge in [-0.3, -0.25) is 9.59 Å². The van der Waals surface area contributed by atoms with Crippen LogP contribution in [0.4, 0.5) is 5.82 Å². The van der Waals surface area contributed by atoms with Gasteiger partial charge in [0.25, 0.3) is 5.56 Å². The molecule has 2 aliphatic heterocycles. The molecule has 1 aromatic heterocycles. The molecule has 3 aromatic rings. The van der Waals surface area contributed by atoms with Gasteiger partial charge >= 0.3 is 0 Å². The fourth-order valence-corrected chi connectivity index (χ4v) is 5.09. The third kappa shape index (κ3) is 3.66. The second-order valence-electron chi connectivity index (χ2n) is 7.32. The van der Waals surface area contributed by atoms with Crippen LogP contribution >= 0.6 is 23.4 Å². The molecule has 1 N–H and O–H groups in total. The number of rotatable bonds is 4. The van der Waals surface area contributed by atoms with Gasteiger partial charge < -0.3 is 19.4 Å². The number of nitrogens with one attached hydrogen (secondary N) is 1. The second-order valence-corrected chi connectivity index (χ2v) is 8.67. The molecule has 0 saturated heterocycles. The van der Waals surface area contributed by atoms with Gasteiger partial charge in [0, 0.05) is 30.2 Å². The summed E-state index contributed by atoms with van der Waals surface area (Å²) in [4.78, 5) is 29.9. The summed E-state index contributed by atoms with van der Waals surface area (Å²) in [6.07, 6.45) is 0.162. The molecule has 0 saturated carbocycles. The highest BCUT2D eigenvalue weighted by Gasteiger charge is 2.33. The van der Waals surface area contributed by atoms with Crippen LogP contribution in [-0.2, 0) is 17.6 Å². The summed E-state index contributed by atoms with van der Waals surface area (Å²) in [5, 5.41) is 4.03. The third-order valence-corrected chi connectivity index (χ3v) is 6.86. The second kappa shape index (κ2) is 7.94. The molecule has 7 nitrogen and oxygen atoms in total. The first kappa shape index (κ1) is 20.0. The number of thioether (sulfide) groups is 1. The normalized spacial score (nSPS) is 16.7.